The van der Waals surface area contributed by atoms with Crippen LogP contribution in [0.25, 0.3) is 0 Å². The number of nitrogens with one attached hydrogen (secondary N) is 2. The van der Waals surface area contributed by atoms with E-state index < -0.39 is 10.0 Å². The van der Waals surface area contributed by atoms with Crippen molar-refractivity contribution in [2.24, 2.45) is 0 Å². The van der Waals surface area contributed by atoms with Crippen molar-refractivity contribution in [3.05, 3.63) is 59.7 Å². The Morgan fingerprint density at radius 3 is 2.40 bits per heavy atom. The number of rotatable bonds is 8. The van der Waals surface area contributed by atoms with Gasteiger partial charge in [-0.25, -0.2) is 8.42 Å². The van der Waals surface area contributed by atoms with Gasteiger partial charge in [0.2, 0.25) is 0 Å². The van der Waals surface area contributed by atoms with E-state index in [1.54, 1.807) is 55.5 Å². The number of carbonyl (C=O) groups excluding carboxylic acids is 1. The second-order valence-electron chi connectivity index (χ2n) is 7.70. The van der Waals surface area contributed by atoms with Crippen LogP contribution < -0.4 is 10.0 Å². The highest BCUT2D eigenvalue weighted by atomic mass is 32.2. The number of aryl methyl sites for hydroxylation is 1. The fourth-order valence-electron chi connectivity index (χ4n) is 3.40. The van der Waals surface area contributed by atoms with Crippen LogP contribution >= 0.6 is 0 Å². The van der Waals surface area contributed by atoms with Gasteiger partial charge in [-0.1, -0.05) is 18.2 Å². The second kappa shape index (κ2) is 10.1. The van der Waals surface area contributed by atoms with E-state index in [1.165, 1.54) is 0 Å². The van der Waals surface area contributed by atoms with Crippen molar-refractivity contribution in [1.29, 1.82) is 0 Å². The van der Waals surface area contributed by atoms with E-state index in [0.29, 0.717) is 23.4 Å². The minimum atomic E-state index is -3.66. The smallest absolute Gasteiger partial charge is 0.261 e. The number of piperazine rings is 1. The molecule has 2 aromatic rings. The van der Waals surface area contributed by atoms with Gasteiger partial charge in [0.1, 0.15) is 0 Å². The Balaban J connectivity index is 1.51. The number of benzene rings is 2. The average molecular weight is 431 g/mol. The van der Waals surface area contributed by atoms with Crippen molar-refractivity contribution < 1.29 is 13.2 Å². The molecule has 2 N–H and O–H groups in total. The summed E-state index contributed by atoms with van der Waals surface area (Å²) in [5.41, 5.74) is 1.68. The number of hydrogen-bond donors (Lipinski definition) is 2. The van der Waals surface area contributed by atoms with Gasteiger partial charge in [-0.3, -0.25) is 9.52 Å². The summed E-state index contributed by atoms with van der Waals surface area (Å²) >= 11 is 0. The fourth-order valence-corrected chi connectivity index (χ4v) is 4.55. The van der Waals surface area contributed by atoms with Gasteiger partial charge in [-0.2, -0.15) is 0 Å². The third-order valence-corrected chi connectivity index (χ3v) is 6.70. The maximum Gasteiger partial charge on any atom is 0.261 e. The average Bonchev–Trinajstić information content (AvgIpc) is 2.74. The fraction of sp³-hybridized carbons (Fsp3) is 0.409. The molecule has 0 saturated carbocycles. The van der Waals surface area contributed by atoms with E-state index in [9.17, 15) is 13.2 Å². The van der Waals surface area contributed by atoms with Crippen molar-refractivity contribution in [3.63, 3.8) is 0 Å². The van der Waals surface area contributed by atoms with Gasteiger partial charge < -0.3 is 15.1 Å². The Morgan fingerprint density at radius 1 is 1.03 bits per heavy atom. The van der Waals surface area contributed by atoms with Gasteiger partial charge >= 0.3 is 0 Å². The Kier molecular flexibility index (Phi) is 7.47. The van der Waals surface area contributed by atoms with E-state index in [4.69, 9.17) is 0 Å². The lowest BCUT2D eigenvalue weighted by Gasteiger charge is -2.32. The molecule has 1 saturated heterocycles. The zero-order valence-electron chi connectivity index (χ0n) is 17.6. The van der Waals surface area contributed by atoms with Crippen molar-refractivity contribution in [2.75, 3.05) is 51.0 Å². The second-order valence-corrected chi connectivity index (χ2v) is 9.39. The summed E-state index contributed by atoms with van der Waals surface area (Å²) in [4.78, 5) is 17.4. The molecule has 0 aromatic heterocycles. The first-order chi connectivity index (χ1) is 14.3. The molecular weight excluding hydrogens is 400 g/mol. The van der Waals surface area contributed by atoms with Crippen molar-refractivity contribution >= 4 is 21.6 Å². The maximum atomic E-state index is 12.5. The van der Waals surface area contributed by atoms with Gasteiger partial charge in [0.05, 0.1) is 10.6 Å². The number of hydrogen-bond acceptors (Lipinski definition) is 5. The lowest BCUT2D eigenvalue weighted by Crippen LogP contribution is -2.45. The molecule has 0 atom stereocenters. The number of carbonyl (C=O) groups is 1. The van der Waals surface area contributed by atoms with Crippen LogP contribution in [0.1, 0.15) is 22.3 Å². The zero-order valence-corrected chi connectivity index (χ0v) is 18.4. The topological polar surface area (TPSA) is 81.8 Å². The Morgan fingerprint density at radius 2 is 1.73 bits per heavy atom. The zero-order chi connectivity index (χ0) is 21.6. The van der Waals surface area contributed by atoms with Gasteiger partial charge in [-0.15, -0.1) is 0 Å². The summed E-state index contributed by atoms with van der Waals surface area (Å²) in [6.45, 7) is 7.71. The third kappa shape index (κ3) is 6.04. The first kappa shape index (κ1) is 22.3. The number of sulfonamides is 1. The highest BCUT2D eigenvalue weighted by Crippen LogP contribution is 2.21. The first-order valence-corrected chi connectivity index (χ1v) is 11.7. The monoisotopic (exact) mass is 430 g/mol. The van der Waals surface area contributed by atoms with Crippen LogP contribution in [0.4, 0.5) is 5.69 Å². The lowest BCUT2D eigenvalue weighted by molar-refractivity contribution is 0.0949. The van der Waals surface area contributed by atoms with Gasteiger partial charge in [0, 0.05) is 38.3 Å². The predicted molar refractivity (Wildman–Crippen MR) is 119 cm³/mol. The molecule has 7 nitrogen and oxygen atoms in total. The summed E-state index contributed by atoms with van der Waals surface area (Å²) in [5.74, 6) is -0.144. The van der Waals surface area contributed by atoms with E-state index in [1.807, 2.05) is 0 Å². The van der Waals surface area contributed by atoms with Gasteiger partial charge in [0.15, 0.2) is 0 Å². The molecule has 30 heavy (non-hydrogen) atoms. The summed E-state index contributed by atoms with van der Waals surface area (Å²) in [6, 6.07) is 13.2. The SMILES string of the molecule is Cc1cc(C(=O)NCCCN2CCN(C)CC2)ccc1NS(=O)(=O)c1ccccc1. The first-order valence-electron chi connectivity index (χ1n) is 10.2. The molecule has 0 radical (unpaired) electrons. The van der Waals surface area contributed by atoms with E-state index in [-0.39, 0.29) is 10.8 Å². The summed E-state index contributed by atoms with van der Waals surface area (Å²) in [6.07, 6.45) is 0.906. The van der Waals surface area contributed by atoms with Crippen LogP contribution in [0.2, 0.25) is 0 Å². The van der Waals surface area contributed by atoms with Crippen LogP contribution in [0.3, 0.4) is 0 Å². The van der Waals surface area contributed by atoms with Crippen LogP contribution in [0, 0.1) is 6.92 Å². The molecule has 1 fully saturated rings. The number of anilines is 1. The lowest BCUT2D eigenvalue weighted by atomic mass is 10.1. The van der Waals surface area contributed by atoms with Crippen molar-refractivity contribution in [1.82, 2.24) is 15.1 Å². The summed E-state index contributed by atoms with van der Waals surface area (Å²) in [7, 11) is -1.52. The molecule has 1 aliphatic rings. The molecule has 0 aliphatic carbocycles. The van der Waals surface area contributed by atoms with Crippen LogP contribution in [-0.2, 0) is 10.0 Å². The predicted octanol–water partition coefficient (Wildman–Crippen LogP) is 2.16. The van der Waals surface area contributed by atoms with Gasteiger partial charge in [-0.05, 0) is 62.8 Å². The number of amides is 1. The molecule has 3 rings (SSSR count). The molecule has 1 aliphatic heterocycles. The molecule has 1 heterocycles. The van der Waals surface area contributed by atoms with Crippen molar-refractivity contribution in [3.8, 4) is 0 Å². The van der Waals surface area contributed by atoms with Gasteiger partial charge in [0.25, 0.3) is 15.9 Å². The molecular formula is C22H30N4O3S. The minimum Gasteiger partial charge on any atom is -0.352 e. The quantitative estimate of drug-likeness (QED) is 0.628. The van der Waals surface area contributed by atoms with Crippen LogP contribution in [-0.4, -0.2) is 70.4 Å². The summed E-state index contributed by atoms with van der Waals surface area (Å²) in [5, 5.41) is 2.95. The molecule has 0 spiro atoms. The molecule has 2 aromatic carbocycles. The maximum absolute atomic E-state index is 12.5. The normalized spacial score (nSPS) is 15.7. The van der Waals surface area contributed by atoms with E-state index >= 15 is 0 Å². The number of likely N-dealkylation sites (N-methyl/N-ethyl adjacent to an activating group) is 1. The highest BCUT2D eigenvalue weighted by molar-refractivity contribution is 7.92. The highest BCUT2D eigenvalue weighted by Gasteiger charge is 2.16. The van der Waals surface area contributed by atoms with Crippen LogP contribution in [0.5, 0.6) is 0 Å². The molecule has 0 bridgehead atoms. The third-order valence-electron chi connectivity index (χ3n) is 5.32. The molecule has 1 amide bonds. The number of nitrogens with zero attached hydrogens (tertiary/aromatic N) is 2. The van der Waals surface area contributed by atoms with E-state index in [0.717, 1.165) is 39.1 Å². The standard InChI is InChI=1S/C22H30N4O3S/c1-18-17-19(22(27)23-11-6-12-26-15-13-25(2)14-16-26)9-10-21(18)24-30(28,29)20-7-4-3-5-8-20/h3-5,7-10,17,24H,6,11-16H2,1-2H3,(H,23,27). The van der Waals surface area contributed by atoms with E-state index in [2.05, 4.69) is 26.9 Å². The largest absolute Gasteiger partial charge is 0.352 e. The molecule has 8 heteroatoms. The molecule has 0 unspecified atom stereocenters. The summed E-state index contributed by atoms with van der Waals surface area (Å²) < 4.78 is 27.6. The Hall–Kier alpha value is -2.42. The Bertz CT molecular complexity index is 956. The van der Waals surface area contributed by atoms with Crippen molar-refractivity contribution in [2.45, 2.75) is 18.2 Å². The Labute approximate surface area is 179 Å². The van der Waals surface area contributed by atoms with Crippen LogP contribution in [0.15, 0.2) is 53.4 Å². The molecule has 162 valence electrons. The minimum absolute atomic E-state index is 0.144.